The van der Waals surface area contributed by atoms with Gasteiger partial charge in [-0.15, -0.1) is 11.3 Å². The molecule has 0 aliphatic carbocycles. The van der Waals surface area contributed by atoms with Crippen LogP contribution in [-0.2, 0) is 0 Å². The maximum Gasteiger partial charge on any atom is 0.279 e. The molecule has 2 heterocycles. The first kappa shape index (κ1) is 13.0. The van der Waals surface area contributed by atoms with Crippen molar-refractivity contribution in [1.29, 1.82) is 5.26 Å². The van der Waals surface area contributed by atoms with E-state index in [9.17, 15) is 10.1 Å². The van der Waals surface area contributed by atoms with Crippen molar-refractivity contribution < 1.29 is 4.92 Å². The number of aromatic amines is 1. The highest BCUT2D eigenvalue weighted by Crippen LogP contribution is 2.29. The molecule has 7 heteroatoms. The Balaban J connectivity index is 2.10. The minimum absolute atomic E-state index is 0.0295. The molecule has 3 rings (SSSR count). The predicted octanol–water partition coefficient (Wildman–Crippen LogP) is 3.76. The van der Waals surface area contributed by atoms with E-state index in [2.05, 4.69) is 16.0 Å². The topological polar surface area (TPSA) is 95.1 Å². The monoisotopic (exact) mass is 296 g/mol. The summed E-state index contributed by atoms with van der Waals surface area (Å²) in [6.45, 7) is 0. The highest BCUT2D eigenvalue weighted by molar-refractivity contribution is 7.14. The van der Waals surface area contributed by atoms with Crippen molar-refractivity contribution in [2.45, 2.75) is 0 Å². The maximum absolute atomic E-state index is 11.1. The third-order valence-electron chi connectivity index (χ3n) is 3.00. The Morgan fingerprint density at radius 3 is 3.05 bits per heavy atom. The Hall–Kier alpha value is -2.98. The zero-order chi connectivity index (χ0) is 14.8. The summed E-state index contributed by atoms with van der Waals surface area (Å²) in [6.07, 6.45) is 3.21. The van der Waals surface area contributed by atoms with E-state index in [1.807, 2.05) is 0 Å². The highest BCUT2D eigenvalue weighted by atomic mass is 32.1. The molecule has 21 heavy (non-hydrogen) atoms. The minimum Gasteiger partial charge on any atom is -0.360 e. The molecular formula is C14H8N4O2S. The Bertz CT molecular complexity index is 901. The molecule has 0 saturated heterocycles. The van der Waals surface area contributed by atoms with Crippen LogP contribution < -0.4 is 0 Å². The molecule has 0 aliphatic heterocycles. The quantitative estimate of drug-likeness (QED) is 0.453. The lowest BCUT2D eigenvalue weighted by Crippen LogP contribution is -1.90. The van der Waals surface area contributed by atoms with E-state index in [1.165, 1.54) is 17.4 Å². The van der Waals surface area contributed by atoms with Gasteiger partial charge in [-0.05, 0) is 17.5 Å². The van der Waals surface area contributed by atoms with Crippen LogP contribution in [-0.4, -0.2) is 16.1 Å². The van der Waals surface area contributed by atoms with Crippen LogP contribution >= 0.6 is 11.3 Å². The molecule has 3 aromatic rings. The average Bonchev–Trinajstić information content (AvgIpc) is 3.10. The number of non-ortho nitro benzene ring substituents is 1. The third-order valence-corrected chi connectivity index (χ3v) is 3.82. The summed E-state index contributed by atoms with van der Waals surface area (Å²) < 4.78 is 0. The van der Waals surface area contributed by atoms with E-state index in [4.69, 9.17) is 5.26 Å². The van der Waals surface area contributed by atoms with Crippen LogP contribution in [0.2, 0.25) is 0 Å². The second-order valence-corrected chi connectivity index (χ2v) is 5.10. The molecule has 0 aliphatic rings. The van der Waals surface area contributed by atoms with Crippen LogP contribution in [0.15, 0.2) is 40.8 Å². The molecule has 0 bridgehead atoms. The summed E-state index contributed by atoms with van der Waals surface area (Å²) in [5, 5.41) is 22.9. The number of nitriles is 1. The summed E-state index contributed by atoms with van der Waals surface area (Å²) in [5.74, 6) is 0. The summed E-state index contributed by atoms with van der Waals surface area (Å²) >= 11 is 1.35. The van der Waals surface area contributed by atoms with Crippen molar-refractivity contribution >= 4 is 39.1 Å². The second kappa shape index (κ2) is 5.19. The van der Waals surface area contributed by atoms with Gasteiger partial charge in [0.2, 0.25) is 0 Å². The van der Waals surface area contributed by atoms with Crippen molar-refractivity contribution in [1.82, 2.24) is 4.98 Å². The number of fused-ring (bicyclic) bond motifs is 1. The summed E-state index contributed by atoms with van der Waals surface area (Å²) in [7, 11) is 0. The molecule has 0 amide bonds. The van der Waals surface area contributed by atoms with E-state index in [0.29, 0.717) is 27.0 Å². The van der Waals surface area contributed by atoms with Crippen LogP contribution in [0, 0.1) is 21.4 Å². The molecule has 102 valence electrons. The van der Waals surface area contributed by atoms with Gasteiger partial charge in [0.1, 0.15) is 11.1 Å². The van der Waals surface area contributed by atoms with Crippen molar-refractivity contribution in [2.24, 2.45) is 4.99 Å². The Morgan fingerprint density at radius 2 is 2.29 bits per heavy atom. The smallest absolute Gasteiger partial charge is 0.279 e. The zero-order valence-corrected chi connectivity index (χ0v) is 11.4. The fraction of sp³-hybridized carbons (Fsp3) is 0. The Labute approximate surface area is 123 Å². The van der Waals surface area contributed by atoms with Gasteiger partial charge in [0.05, 0.1) is 21.4 Å². The lowest BCUT2D eigenvalue weighted by molar-refractivity contribution is -0.383. The standard InChI is InChI=1S/C14H8N4O2S/c15-6-9-4-5-21-14(9)17-8-10-7-16-11-2-1-3-12(13(10)11)18(19)20/h1-5,7-8,16H/b17-8+. The second-order valence-electron chi connectivity index (χ2n) is 4.21. The van der Waals surface area contributed by atoms with Gasteiger partial charge in [-0.2, -0.15) is 5.26 Å². The minimum atomic E-state index is -0.417. The first-order chi connectivity index (χ1) is 10.2. The van der Waals surface area contributed by atoms with Crippen molar-refractivity contribution in [3.63, 3.8) is 0 Å². The number of hydrogen-bond acceptors (Lipinski definition) is 5. The number of thiophene rings is 1. The van der Waals surface area contributed by atoms with Crippen LogP contribution in [0.3, 0.4) is 0 Å². The first-order valence-electron chi connectivity index (χ1n) is 5.97. The van der Waals surface area contributed by atoms with Gasteiger partial charge in [0, 0.05) is 24.0 Å². The van der Waals surface area contributed by atoms with E-state index in [0.717, 1.165) is 0 Å². The van der Waals surface area contributed by atoms with Crippen LogP contribution in [0.4, 0.5) is 10.7 Å². The molecule has 0 radical (unpaired) electrons. The van der Waals surface area contributed by atoms with Crippen molar-refractivity contribution in [3.05, 3.63) is 57.1 Å². The van der Waals surface area contributed by atoms with Gasteiger partial charge in [-0.1, -0.05) is 6.07 Å². The molecule has 0 spiro atoms. The van der Waals surface area contributed by atoms with Crippen LogP contribution in [0.1, 0.15) is 11.1 Å². The normalized spacial score (nSPS) is 11.0. The van der Waals surface area contributed by atoms with E-state index in [1.54, 1.807) is 36.0 Å². The first-order valence-corrected chi connectivity index (χ1v) is 6.85. The zero-order valence-electron chi connectivity index (χ0n) is 10.6. The number of nitrogens with zero attached hydrogens (tertiary/aromatic N) is 3. The molecule has 1 aromatic carbocycles. The maximum atomic E-state index is 11.1. The molecule has 1 N–H and O–H groups in total. The number of aromatic nitrogens is 1. The summed E-state index contributed by atoms with van der Waals surface area (Å²) in [6, 6.07) is 8.60. The van der Waals surface area contributed by atoms with Crippen LogP contribution in [0.25, 0.3) is 10.9 Å². The number of H-pyrrole nitrogens is 1. The number of aliphatic imine (C=N–C) groups is 1. The van der Waals surface area contributed by atoms with Crippen molar-refractivity contribution in [3.8, 4) is 6.07 Å². The molecule has 2 aromatic heterocycles. The van der Waals surface area contributed by atoms with E-state index >= 15 is 0 Å². The van der Waals surface area contributed by atoms with Crippen LogP contribution in [0.5, 0.6) is 0 Å². The number of hydrogen-bond donors (Lipinski definition) is 1. The Morgan fingerprint density at radius 1 is 1.43 bits per heavy atom. The number of benzene rings is 1. The third kappa shape index (κ3) is 2.28. The SMILES string of the molecule is N#Cc1ccsc1/N=C/c1c[nH]c2cccc([N+](=O)[O-])c12. The largest absolute Gasteiger partial charge is 0.360 e. The average molecular weight is 296 g/mol. The highest BCUT2D eigenvalue weighted by Gasteiger charge is 2.15. The summed E-state index contributed by atoms with van der Waals surface area (Å²) in [5.41, 5.74) is 1.82. The summed E-state index contributed by atoms with van der Waals surface area (Å²) in [4.78, 5) is 17.9. The molecular weight excluding hydrogens is 288 g/mol. The van der Waals surface area contributed by atoms with E-state index < -0.39 is 4.92 Å². The number of nitro groups is 1. The van der Waals surface area contributed by atoms with Crippen molar-refractivity contribution in [2.75, 3.05) is 0 Å². The van der Waals surface area contributed by atoms with Gasteiger partial charge in [0.15, 0.2) is 0 Å². The van der Waals surface area contributed by atoms with E-state index in [-0.39, 0.29) is 5.69 Å². The molecule has 0 atom stereocenters. The fourth-order valence-corrected chi connectivity index (χ4v) is 2.75. The lowest BCUT2D eigenvalue weighted by atomic mass is 10.1. The molecule has 6 nitrogen and oxygen atoms in total. The number of rotatable bonds is 3. The predicted molar refractivity (Wildman–Crippen MR) is 81.2 cm³/mol. The Kier molecular flexibility index (Phi) is 3.22. The van der Waals surface area contributed by atoms with Gasteiger partial charge < -0.3 is 4.98 Å². The number of nitro benzene ring substituents is 1. The number of nitrogens with one attached hydrogen (secondary N) is 1. The van der Waals surface area contributed by atoms with Gasteiger partial charge >= 0.3 is 0 Å². The molecule has 0 fully saturated rings. The van der Waals surface area contributed by atoms with Gasteiger partial charge in [0.25, 0.3) is 5.69 Å². The fourth-order valence-electron chi connectivity index (χ4n) is 2.06. The van der Waals surface area contributed by atoms with Gasteiger partial charge in [-0.25, -0.2) is 4.99 Å². The molecule has 0 saturated carbocycles. The van der Waals surface area contributed by atoms with Gasteiger partial charge in [-0.3, -0.25) is 10.1 Å². The molecule has 0 unspecified atom stereocenters. The lowest BCUT2D eigenvalue weighted by Gasteiger charge is -1.95.